The number of aliphatic hydroxyl groups excluding tert-OH is 1. The van der Waals surface area contributed by atoms with E-state index in [1.807, 2.05) is 44.2 Å². The number of nitrogens with zero attached hydrogens (tertiary/aromatic N) is 4. The average Bonchev–Trinajstić information content (AvgIpc) is 3.60. The van der Waals surface area contributed by atoms with E-state index >= 15 is 0 Å². The first-order chi connectivity index (χ1) is 24.0. The number of imidazole rings is 1. The number of sulfonamides is 1. The van der Waals surface area contributed by atoms with Crippen molar-refractivity contribution < 1.29 is 28.2 Å². The second kappa shape index (κ2) is 16.9. The molecule has 2 aromatic heterocycles. The maximum Gasteiger partial charge on any atom is 0.332 e. The fourth-order valence-electron chi connectivity index (χ4n) is 5.60. The predicted octanol–water partition coefficient (Wildman–Crippen LogP) is 3.69. The fraction of sp³-hybridized carbons (Fsp3) is 0.412. The molecule has 2 aromatic carbocycles. The number of thiazole rings is 1. The van der Waals surface area contributed by atoms with E-state index in [4.69, 9.17) is 17.3 Å². The van der Waals surface area contributed by atoms with Crippen LogP contribution in [-0.4, -0.2) is 74.1 Å². The van der Waals surface area contributed by atoms with Crippen LogP contribution in [0.25, 0.3) is 0 Å². The highest BCUT2D eigenvalue weighted by atomic mass is 35.5. The van der Waals surface area contributed by atoms with Crippen LogP contribution < -0.4 is 22.1 Å². The molecule has 4 rings (SSSR count). The van der Waals surface area contributed by atoms with E-state index in [0.717, 1.165) is 30.3 Å². The van der Waals surface area contributed by atoms with Gasteiger partial charge in [-0.15, -0.1) is 11.3 Å². The van der Waals surface area contributed by atoms with Gasteiger partial charge in [0.2, 0.25) is 27.7 Å². The Kier molecular flexibility index (Phi) is 13.1. The van der Waals surface area contributed by atoms with Gasteiger partial charge in [0.1, 0.15) is 6.04 Å². The summed E-state index contributed by atoms with van der Waals surface area (Å²) in [6.07, 6.45) is -0.0772. The van der Waals surface area contributed by atoms with Gasteiger partial charge in [-0.2, -0.15) is 4.31 Å². The Bertz CT molecular complexity index is 1990. The third-order valence-corrected chi connectivity index (χ3v) is 11.0. The third-order valence-electron chi connectivity index (χ3n) is 7.99. The molecule has 0 radical (unpaired) electrons. The first-order valence-electron chi connectivity index (χ1n) is 16.3. The van der Waals surface area contributed by atoms with Crippen molar-refractivity contribution in [2.45, 2.75) is 70.7 Å². The maximum absolute atomic E-state index is 14.1. The molecule has 3 atom stereocenters. The van der Waals surface area contributed by atoms with Crippen LogP contribution in [-0.2, 0) is 32.6 Å². The summed E-state index contributed by atoms with van der Waals surface area (Å²) in [7, 11) is -4.16. The number of nitrogens with one attached hydrogen (secondary N) is 2. The molecule has 0 aliphatic rings. The van der Waals surface area contributed by atoms with Crippen LogP contribution >= 0.6 is 22.9 Å². The molecule has 0 spiro atoms. The topological polar surface area (TPSA) is 202 Å². The van der Waals surface area contributed by atoms with Gasteiger partial charge in [0.15, 0.2) is 5.13 Å². The van der Waals surface area contributed by atoms with Gasteiger partial charge in [0.25, 0.3) is 0 Å². The van der Waals surface area contributed by atoms with Gasteiger partial charge in [-0.25, -0.2) is 18.2 Å². The molecule has 0 fully saturated rings. The smallest absolute Gasteiger partial charge is 0.332 e. The van der Waals surface area contributed by atoms with Crippen molar-refractivity contribution in [2.24, 2.45) is 11.8 Å². The molecule has 2 heterocycles. The summed E-state index contributed by atoms with van der Waals surface area (Å²) in [6.45, 7) is 8.10. The largest absolute Gasteiger partial charge is 0.493 e. The number of carbonyl (C=O) groups excluding carboxylic acids is 2. The van der Waals surface area contributed by atoms with Crippen molar-refractivity contribution in [2.75, 3.05) is 24.1 Å². The Morgan fingerprint density at radius 3 is 2.39 bits per heavy atom. The minimum atomic E-state index is -4.16. The zero-order valence-electron chi connectivity index (χ0n) is 29.0. The number of hydrogen-bond acceptors (Lipinski definition) is 10. The molecule has 0 aliphatic carbocycles. The monoisotopic (exact) mass is 761 g/mol. The lowest BCUT2D eigenvalue weighted by atomic mass is 9.98. The van der Waals surface area contributed by atoms with Crippen molar-refractivity contribution in [3.05, 3.63) is 86.9 Å². The van der Waals surface area contributed by atoms with Crippen LogP contribution in [0.3, 0.4) is 0 Å². The highest BCUT2D eigenvalue weighted by Gasteiger charge is 2.35. The predicted molar refractivity (Wildman–Crippen MR) is 197 cm³/mol. The van der Waals surface area contributed by atoms with E-state index in [0.29, 0.717) is 10.8 Å². The highest BCUT2D eigenvalue weighted by Crippen LogP contribution is 2.26. The lowest BCUT2D eigenvalue weighted by Gasteiger charge is -2.32. The molecule has 0 saturated heterocycles. The molecular weight excluding hydrogens is 718 g/mol. The van der Waals surface area contributed by atoms with Crippen molar-refractivity contribution in [3.8, 4) is 5.88 Å². The number of hydrogen-bond donors (Lipinski definition) is 5. The van der Waals surface area contributed by atoms with Gasteiger partial charge in [-0.1, -0.05) is 69.6 Å². The molecule has 51 heavy (non-hydrogen) atoms. The minimum Gasteiger partial charge on any atom is -0.493 e. The number of anilines is 2. The quantitative estimate of drug-likeness (QED) is 0.106. The van der Waals surface area contributed by atoms with Gasteiger partial charge in [-0.3, -0.25) is 18.7 Å². The van der Waals surface area contributed by atoms with E-state index in [-0.39, 0.29) is 53.5 Å². The van der Waals surface area contributed by atoms with E-state index in [1.54, 1.807) is 19.2 Å². The summed E-state index contributed by atoms with van der Waals surface area (Å²) in [5.74, 6) is -1.88. The van der Waals surface area contributed by atoms with E-state index in [9.17, 15) is 33.0 Å². The Hall–Kier alpha value is -4.22. The van der Waals surface area contributed by atoms with Crippen LogP contribution in [0, 0.1) is 11.8 Å². The van der Waals surface area contributed by atoms with Crippen molar-refractivity contribution in [1.82, 2.24) is 23.7 Å². The number of aromatic nitrogens is 3. The Morgan fingerprint density at radius 1 is 1.10 bits per heavy atom. The molecule has 4 aromatic rings. The molecule has 0 unspecified atom stereocenters. The molecule has 0 bridgehead atoms. The number of halogens is 1. The summed E-state index contributed by atoms with van der Waals surface area (Å²) >= 11 is 7.21. The summed E-state index contributed by atoms with van der Waals surface area (Å²) in [6, 6.07) is 11.0. The van der Waals surface area contributed by atoms with Gasteiger partial charge in [-0.05, 0) is 42.0 Å². The van der Waals surface area contributed by atoms with Crippen LogP contribution in [0.4, 0.5) is 10.8 Å². The number of nitrogens with two attached hydrogens (primary N) is 1. The Balaban J connectivity index is 1.64. The zero-order valence-corrected chi connectivity index (χ0v) is 31.4. The summed E-state index contributed by atoms with van der Waals surface area (Å²) in [5, 5.41) is 30.1. The molecule has 0 aliphatic heterocycles. The van der Waals surface area contributed by atoms with Crippen LogP contribution in [0.1, 0.15) is 51.9 Å². The number of rotatable bonds is 16. The van der Waals surface area contributed by atoms with Crippen LogP contribution in [0.5, 0.6) is 5.88 Å². The van der Waals surface area contributed by atoms with Crippen LogP contribution in [0.2, 0.25) is 5.02 Å². The van der Waals surface area contributed by atoms with E-state index in [1.165, 1.54) is 31.3 Å². The Labute approximate surface area is 305 Å². The molecule has 276 valence electrons. The van der Waals surface area contributed by atoms with Gasteiger partial charge < -0.3 is 26.6 Å². The normalized spacial score (nSPS) is 13.8. The fourth-order valence-corrected chi connectivity index (χ4v) is 8.12. The van der Waals surface area contributed by atoms with Gasteiger partial charge in [0.05, 0.1) is 46.2 Å². The van der Waals surface area contributed by atoms with E-state index < -0.39 is 51.6 Å². The zero-order chi connectivity index (χ0) is 37.6. The minimum absolute atomic E-state index is 0.0655. The number of aromatic hydroxyl groups is 1. The maximum atomic E-state index is 14.1. The second-order valence-corrected chi connectivity index (χ2v) is 16.3. The molecule has 14 nitrogen and oxygen atoms in total. The molecule has 6 N–H and O–H groups in total. The number of aliphatic hydroxyl groups is 1. The van der Waals surface area contributed by atoms with Crippen molar-refractivity contribution in [3.63, 3.8) is 0 Å². The molecule has 2 amide bonds. The standard InChI is InChI=1S/C34H44ClN7O7S2/c1-20(2)15-40(51(48,49)25-11-12-26(35)27(36)14-25)17-29(44)28(13-23-9-7-6-8-10-23)39-32(46)31(21(3)4)42-18-30(45)41(34(42)47)16-24-19-50-33(38-24)37-22(5)43/h6-12,14,18-21,28-29,31,44-45H,13,15-17,36H2,1-5H3,(H,39,46)(H,37,38,43)/t28-,29+,31-/m0/s1. The summed E-state index contributed by atoms with van der Waals surface area (Å²) in [5.41, 5.74) is 6.52. The molecule has 17 heteroatoms. The molecule has 0 saturated carbocycles. The Morgan fingerprint density at radius 2 is 1.78 bits per heavy atom. The van der Waals surface area contributed by atoms with Crippen LogP contribution in [0.15, 0.2) is 69.8 Å². The number of amides is 2. The first-order valence-corrected chi connectivity index (χ1v) is 19.0. The van der Waals surface area contributed by atoms with E-state index in [2.05, 4.69) is 15.6 Å². The second-order valence-electron chi connectivity index (χ2n) is 13.0. The SMILES string of the molecule is CC(=O)Nc1nc(Cn2c(O)cn([C@H](C(=O)N[C@@H](Cc3ccccc3)[C@H](O)CN(CC(C)C)S(=O)(=O)c3ccc(Cl)c(N)c3)C(C)C)c2=O)cs1. The average molecular weight is 762 g/mol. The number of benzene rings is 2. The van der Waals surface area contributed by atoms with Crippen molar-refractivity contribution in [1.29, 1.82) is 0 Å². The summed E-state index contributed by atoms with van der Waals surface area (Å²) in [4.78, 5) is 43.3. The van der Waals surface area contributed by atoms with Gasteiger partial charge >= 0.3 is 5.69 Å². The van der Waals surface area contributed by atoms with Gasteiger partial charge in [0, 0.05) is 25.4 Å². The summed E-state index contributed by atoms with van der Waals surface area (Å²) < 4.78 is 31.0. The highest BCUT2D eigenvalue weighted by molar-refractivity contribution is 7.89. The lowest BCUT2D eigenvalue weighted by molar-refractivity contribution is -0.127. The van der Waals surface area contributed by atoms with Crippen molar-refractivity contribution >= 4 is 55.6 Å². The third kappa shape index (κ3) is 9.98. The number of carbonyl (C=O) groups is 2. The molecular formula is C34H44ClN7O7S2. The lowest BCUT2D eigenvalue weighted by Crippen LogP contribution is -2.53. The number of nitrogen functional groups attached to an aromatic ring is 1. The first kappa shape index (κ1) is 39.6.